The second-order valence-corrected chi connectivity index (χ2v) is 5.17. The van der Waals surface area contributed by atoms with E-state index < -0.39 is 0 Å². The molecular weight excluding hydrogens is 213 g/mol. The molecule has 0 aromatic heterocycles. The number of benzene rings is 1. The molecule has 1 fully saturated rings. The van der Waals surface area contributed by atoms with Crippen LogP contribution in [0.25, 0.3) is 0 Å². The second-order valence-electron chi connectivity index (χ2n) is 5.17. The highest BCUT2D eigenvalue weighted by atomic mass is 19.1. The van der Waals surface area contributed by atoms with Crippen LogP contribution in [0.5, 0.6) is 0 Å². The third-order valence-electron chi connectivity index (χ3n) is 3.80. The van der Waals surface area contributed by atoms with E-state index in [1.54, 1.807) is 6.07 Å². The predicted molar refractivity (Wildman–Crippen MR) is 69.9 cm³/mol. The molecule has 2 rings (SSSR count). The number of likely N-dealkylation sites (tertiary alicyclic amines) is 1. The minimum atomic E-state index is -0.0545. The van der Waals surface area contributed by atoms with Crippen molar-refractivity contribution in [2.24, 2.45) is 0 Å². The topological polar surface area (TPSA) is 3.24 Å². The first-order valence-corrected chi connectivity index (χ1v) is 6.65. The summed E-state index contributed by atoms with van der Waals surface area (Å²) in [7, 11) is 0. The quantitative estimate of drug-likeness (QED) is 0.772. The summed E-state index contributed by atoms with van der Waals surface area (Å²) in [5, 5.41) is 0. The van der Waals surface area contributed by atoms with Gasteiger partial charge >= 0.3 is 0 Å². The summed E-state index contributed by atoms with van der Waals surface area (Å²) in [6.07, 6.45) is 4.83. The molecule has 0 unspecified atom stereocenters. The van der Waals surface area contributed by atoms with Crippen LogP contribution in [0.15, 0.2) is 12.1 Å². The van der Waals surface area contributed by atoms with Crippen LogP contribution in [0.1, 0.15) is 36.0 Å². The molecule has 1 aliphatic rings. The molecule has 0 bridgehead atoms. The van der Waals surface area contributed by atoms with Gasteiger partial charge < -0.3 is 4.90 Å². The summed E-state index contributed by atoms with van der Waals surface area (Å²) in [5.74, 6) is -0.0545. The van der Waals surface area contributed by atoms with Gasteiger partial charge in [-0.05, 0) is 81.9 Å². The van der Waals surface area contributed by atoms with Gasteiger partial charge in [-0.1, -0.05) is 6.07 Å². The van der Waals surface area contributed by atoms with Gasteiger partial charge in [0, 0.05) is 0 Å². The van der Waals surface area contributed by atoms with E-state index in [9.17, 15) is 4.39 Å². The summed E-state index contributed by atoms with van der Waals surface area (Å²) >= 11 is 0. The molecule has 1 aromatic carbocycles. The Labute approximate surface area is 104 Å². The van der Waals surface area contributed by atoms with Gasteiger partial charge in [0.15, 0.2) is 0 Å². The van der Waals surface area contributed by atoms with Crippen LogP contribution in [0.3, 0.4) is 0 Å². The summed E-state index contributed by atoms with van der Waals surface area (Å²) in [5.41, 5.74) is 3.00. The van der Waals surface area contributed by atoms with Crippen LogP contribution in [0.4, 0.5) is 4.39 Å². The Balaban J connectivity index is 1.86. The monoisotopic (exact) mass is 235 g/mol. The van der Waals surface area contributed by atoms with E-state index in [4.69, 9.17) is 0 Å². The zero-order chi connectivity index (χ0) is 12.3. The Morgan fingerprint density at radius 3 is 2.53 bits per heavy atom. The first-order valence-electron chi connectivity index (χ1n) is 6.65. The molecule has 0 spiro atoms. The van der Waals surface area contributed by atoms with Crippen molar-refractivity contribution in [3.8, 4) is 0 Å². The first kappa shape index (κ1) is 12.6. The molecule has 0 radical (unpaired) electrons. The van der Waals surface area contributed by atoms with Crippen LogP contribution < -0.4 is 0 Å². The van der Waals surface area contributed by atoms with E-state index >= 15 is 0 Å². The number of aryl methyl sites for hydroxylation is 2. The van der Waals surface area contributed by atoms with Crippen LogP contribution in [0, 0.1) is 19.7 Å². The molecule has 0 amide bonds. The van der Waals surface area contributed by atoms with Crippen molar-refractivity contribution in [1.82, 2.24) is 4.90 Å². The van der Waals surface area contributed by atoms with Gasteiger partial charge in [-0.25, -0.2) is 4.39 Å². The van der Waals surface area contributed by atoms with Gasteiger partial charge in [-0.3, -0.25) is 0 Å². The van der Waals surface area contributed by atoms with Crippen molar-refractivity contribution in [2.45, 2.75) is 39.5 Å². The van der Waals surface area contributed by atoms with Crippen molar-refractivity contribution in [1.29, 1.82) is 0 Å². The number of hydrogen-bond donors (Lipinski definition) is 0. The van der Waals surface area contributed by atoms with Crippen LogP contribution >= 0.6 is 0 Å². The molecular formula is C15H22FN. The minimum Gasteiger partial charge on any atom is -0.303 e. The normalized spacial score (nSPS) is 16.6. The second kappa shape index (κ2) is 5.63. The number of nitrogens with zero attached hydrogens (tertiary/aromatic N) is 1. The lowest BCUT2D eigenvalue weighted by Crippen LogP contribution is -2.20. The van der Waals surface area contributed by atoms with Crippen molar-refractivity contribution in [3.05, 3.63) is 34.6 Å². The zero-order valence-corrected chi connectivity index (χ0v) is 10.9. The van der Waals surface area contributed by atoms with Gasteiger partial charge in [0.1, 0.15) is 5.82 Å². The molecule has 1 nitrogen and oxygen atoms in total. The SMILES string of the molecule is Cc1cc(CCCN2CCCC2)cc(F)c1C. The van der Waals surface area contributed by atoms with Gasteiger partial charge in [-0.15, -0.1) is 0 Å². The average molecular weight is 235 g/mol. The lowest BCUT2D eigenvalue weighted by Gasteiger charge is -2.14. The molecule has 94 valence electrons. The first-order chi connectivity index (χ1) is 8.16. The highest BCUT2D eigenvalue weighted by molar-refractivity contribution is 5.31. The summed E-state index contributed by atoms with van der Waals surface area (Å²) < 4.78 is 13.6. The maximum atomic E-state index is 13.6. The van der Waals surface area contributed by atoms with E-state index in [1.165, 1.54) is 25.9 Å². The summed E-state index contributed by atoms with van der Waals surface area (Å²) in [4.78, 5) is 2.51. The molecule has 0 N–H and O–H groups in total. The third-order valence-corrected chi connectivity index (χ3v) is 3.80. The molecule has 17 heavy (non-hydrogen) atoms. The molecule has 1 aromatic rings. The fraction of sp³-hybridized carbons (Fsp3) is 0.600. The lowest BCUT2D eigenvalue weighted by molar-refractivity contribution is 0.334. The Morgan fingerprint density at radius 1 is 1.18 bits per heavy atom. The van der Waals surface area contributed by atoms with Crippen molar-refractivity contribution in [2.75, 3.05) is 19.6 Å². The molecule has 0 atom stereocenters. The average Bonchev–Trinajstić information content (AvgIpc) is 2.79. The summed E-state index contributed by atoms with van der Waals surface area (Å²) in [6, 6.07) is 3.83. The van der Waals surface area contributed by atoms with Gasteiger partial charge in [0.05, 0.1) is 0 Å². The Bertz CT molecular complexity index is 358. The minimum absolute atomic E-state index is 0.0545. The van der Waals surface area contributed by atoms with Gasteiger partial charge in [0.25, 0.3) is 0 Å². The van der Waals surface area contributed by atoms with E-state index in [0.29, 0.717) is 0 Å². The van der Waals surface area contributed by atoms with Gasteiger partial charge in [0.2, 0.25) is 0 Å². The summed E-state index contributed by atoms with van der Waals surface area (Å²) in [6.45, 7) is 7.50. The maximum absolute atomic E-state index is 13.6. The highest BCUT2D eigenvalue weighted by Crippen LogP contribution is 2.16. The van der Waals surface area contributed by atoms with Crippen molar-refractivity contribution >= 4 is 0 Å². The Hall–Kier alpha value is -0.890. The number of rotatable bonds is 4. The molecule has 2 heteroatoms. The molecule has 0 saturated carbocycles. The predicted octanol–water partition coefficient (Wildman–Crippen LogP) is 3.47. The molecule has 1 aliphatic heterocycles. The zero-order valence-electron chi connectivity index (χ0n) is 10.9. The molecule has 0 aliphatic carbocycles. The van der Waals surface area contributed by atoms with E-state index in [0.717, 1.165) is 36.1 Å². The van der Waals surface area contributed by atoms with Gasteiger partial charge in [-0.2, -0.15) is 0 Å². The van der Waals surface area contributed by atoms with Crippen LogP contribution in [0.2, 0.25) is 0 Å². The lowest BCUT2D eigenvalue weighted by atomic mass is 10.0. The van der Waals surface area contributed by atoms with Crippen molar-refractivity contribution < 1.29 is 4.39 Å². The van der Waals surface area contributed by atoms with Crippen LogP contribution in [-0.2, 0) is 6.42 Å². The van der Waals surface area contributed by atoms with E-state index in [1.807, 2.05) is 13.8 Å². The Morgan fingerprint density at radius 2 is 1.88 bits per heavy atom. The largest absolute Gasteiger partial charge is 0.303 e. The highest BCUT2D eigenvalue weighted by Gasteiger charge is 2.10. The molecule has 1 heterocycles. The van der Waals surface area contributed by atoms with E-state index in [-0.39, 0.29) is 5.82 Å². The standard InChI is InChI=1S/C15H22FN/c1-12-10-14(11-15(16)13(12)2)6-5-9-17-7-3-4-8-17/h10-11H,3-9H2,1-2H3. The smallest absolute Gasteiger partial charge is 0.126 e. The fourth-order valence-electron chi connectivity index (χ4n) is 2.54. The Kier molecular flexibility index (Phi) is 4.16. The maximum Gasteiger partial charge on any atom is 0.126 e. The fourth-order valence-corrected chi connectivity index (χ4v) is 2.54. The van der Waals surface area contributed by atoms with E-state index in [2.05, 4.69) is 11.0 Å². The van der Waals surface area contributed by atoms with Crippen LogP contribution in [-0.4, -0.2) is 24.5 Å². The van der Waals surface area contributed by atoms with Crippen molar-refractivity contribution in [3.63, 3.8) is 0 Å². The molecule has 1 saturated heterocycles. The number of hydrogen-bond acceptors (Lipinski definition) is 1. The number of halogens is 1. The third kappa shape index (κ3) is 3.29.